The predicted molar refractivity (Wildman–Crippen MR) is 109 cm³/mol. The summed E-state index contributed by atoms with van der Waals surface area (Å²) < 4.78 is 23.8. The number of amidine groups is 1. The van der Waals surface area contributed by atoms with E-state index in [1.54, 1.807) is 0 Å². The summed E-state index contributed by atoms with van der Waals surface area (Å²) in [5.74, 6) is 0.600. The molecule has 0 atom stereocenters. The van der Waals surface area contributed by atoms with Crippen LogP contribution in [0.5, 0.6) is 0 Å². The third-order valence-electron chi connectivity index (χ3n) is 4.57. The van der Waals surface area contributed by atoms with E-state index in [0.29, 0.717) is 6.42 Å². The van der Waals surface area contributed by atoms with Crippen LogP contribution in [0.3, 0.4) is 0 Å². The van der Waals surface area contributed by atoms with Gasteiger partial charge in [-0.05, 0) is 12.8 Å². The standard InChI is InChI=1S/C18H37N5O3S/c1-27(25,26)21-18(24)16-14-12-10-8-6-4-2-3-5-7-9-11-13-15-17-19-22-23-20-17/h22-23H,2-16H2,1H3,(H,19,20)(H,21,24). The first-order valence-corrected chi connectivity index (χ1v) is 12.2. The SMILES string of the molecule is CS(=O)(=O)NC(=O)CCCCCCCCCCCCCCCC1=NNNN1. The minimum Gasteiger partial charge on any atom is -0.289 e. The molecule has 1 aliphatic heterocycles. The third-order valence-corrected chi connectivity index (χ3v) is 5.17. The highest BCUT2D eigenvalue weighted by atomic mass is 32.2. The Balaban J connectivity index is 1.73. The molecule has 0 aromatic heterocycles. The number of carbonyl (C=O) groups excluding carboxylic acids is 1. The van der Waals surface area contributed by atoms with Gasteiger partial charge in [-0.15, -0.1) is 10.6 Å². The van der Waals surface area contributed by atoms with Gasteiger partial charge in [0.2, 0.25) is 15.9 Å². The normalized spacial score (nSPS) is 13.7. The number of nitrogens with zero attached hydrogens (tertiary/aromatic N) is 1. The van der Waals surface area contributed by atoms with Gasteiger partial charge in [-0.1, -0.05) is 70.6 Å². The first-order chi connectivity index (χ1) is 13.0. The molecule has 0 saturated heterocycles. The maximum atomic E-state index is 11.3. The molecule has 0 bridgehead atoms. The van der Waals surface area contributed by atoms with Gasteiger partial charge in [-0.25, -0.2) is 14.0 Å². The van der Waals surface area contributed by atoms with E-state index < -0.39 is 15.9 Å². The second-order valence-corrected chi connectivity index (χ2v) is 9.06. The van der Waals surface area contributed by atoms with Crippen molar-refractivity contribution in [3.63, 3.8) is 0 Å². The zero-order valence-corrected chi connectivity index (χ0v) is 17.5. The summed E-state index contributed by atoms with van der Waals surface area (Å²) in [6, 6.07) is 0. The Morgan fingerprint density at radius 3 is 1.78 bits per heavy atom. The molecule has 0 aromatic rings. The van der Waals surface area contributed by atoms with E-state index in [-0.39, 0.29) is 0 Å². The maximum Gasteiger partial charge on any atom is 0.233 e. The topological polar surface area (TPSA) is 112 Å². The van der Waals surface area contributed by atoms with Crippen LogP contribution in [-0.4, -0.2) is 26.4 Å². The number of unbranched alkanes of at least 4 members (excludes halogenated alkanes) is 12. The summed E-state index contributed by atoms with van der Waals surface area (Å²) in [6.45, 7) is 0. The fourth-order valence-corrected chi connectivity index (χ4v) is 3.64. The molecule has 1 heterocycles. The Bertz CT molecular complexity index is 537. The van der Waals surface area contributed by atoms with Gasteiger partial charge in [0.25, 0.3) is 0 Å². The number of hydrogen-bond acceptors (Lipinski definition) is 7. The van der Waals surface area contributed by atoms with Gasteiger partial charge >= 0.3 is 0 Å². The van der Waals surface area contributed by atoms with Crippen molar-refractivity contribution in [1.29, 1.82) is 0 Å². The molecule has 27 heavy (non-hydrogen) atoms. The smallest absolute Gasteiger partial charge is 0.233 e. The Kier molecular flexibility index (Phi) is 12.9. The van der Waals surface area contributed by atoms with Crippen LogP contribution in [0, 0.1) is 0 Å². The predicted octanol–water partition coefficient (Wildman–Crippen LogP) is 2.84. The van der Waals surface area contributed by atoms with Crippen molar-refractivity contribution < 1.29 is 13.2 Å². The lowest BCUT2D eigenvalue weighted by Gasteiger charge is -2.04. The highest BCUT2D eigenvalue weighted by molar-refractivity contribution is 7.89. The molecule has 4 N–H and O–H groups in total. The molecule has 8 nitrogen and oxygen atoms in total. The quantitative estimate of drug-likeness (QED) is 0.278. The number of rotatable bonds is 17. The van der Waals surface area contributed by atoms with Crippen molar-refractivity contribution in [3.8, 4) is 0 Å². The van der Waals surface area contributed by atoms with Crippen LogP contribution in [0.15, 0.2) is 5.10 Å². The lowest BCUT2D eigenvalue weighted by Crippen LogP contribution is -2.34. The van der Waals surface area contributed by atoms with Crippen LogP contribution in [0.1, 0.15) is 96.3 Å². The van der Waals surface area contributed by atoms with Crippen molar-refractivity contribution in [2.45, 2.75) is 96.3 Å². The highest BCUT2D eigenvalue weighted by Crippen LogP contribution is 2.13. The molecule has 158 valence electrons. The second-order valence-electron chi connectivity index (χ2n) is 7.31. The first-order valence-electron chi connectivity index (χ1n) is 10.3. The van der Waals surface area contributed by atoms with E-state index in [4.69, 9.17) is 0 Å². The second kappa shape index (κ2) is 14.7. The number of sulfonamides is 1. The van der Waals surface area contributed by atoms with Gasteiger partial charge in [-0.2, -0.15) is 0 Å². The monoisotopic (exact) mass is 403 g/mol. The summed E-state index contributed by atoms with van der Waals surface area (Å²) >= 11 is 0. The van der Waals surface area contributed by atoms with Gasteiger partial charge < -0.3 is 0 Å². The van der Waals surface area contributed by atoms with E-state index in [1.807, 2.05) is 4.72 Å². The molecule has 9 heteroatoms. The third kappa shape index (κ3) is 15.4. The Morgan fingerprint density at radius 1 is 0.852 bits per heavy atom. The first kappa shape index (κ1) is 23.7. The van der Waals surface area contributed by atoms with Crippen molar-refractivity contribution in [3.05, 3.63) is 0 Å². The summed E-state index contributed by atoms with van der Waals surface area (Å²) in [4.78, 5) is 11.3. The average Bonchev–Trinajstić information content (AvgIpc) is 3.10. The van der Waals surface area contributed by atoms with Crippen molar-refractivity contribution in [2.75, 3.05) is 6.26 Å². The van der Waals surface area contributed by atoms with Crippen molar-refractivity contribution in [1.82, 2.24) is 21.2 Å². The van der Waals surface area contributed by atoms with Crippen LogP contribution >= 0.6 is 0 Å². The van der Waals surface area contributed by atoms with Crippen LogP contribution < -0.4 is 21.2 Å². The van der Waals surface area contributed by atoms with E-state index in [1.165, 1.54) is 64.2 Å². The van der Waals surface area contributed by atoms with E-state index in [0.717, 1.165) is 37.8 Å². The number of hydrazone groups is 1. The van der Waals surface area contributed by atoms with Crippen molar-refractivity contribution in [2.24, 2.45) is 5.10 Å². The average molecular weight is 404 g/mol. The highest BCUT2D eigenvalue weighted by Gasteiger charge is 2.07. The molecule has 0 saturated carbocycles. The van der Waals surface area contributed by atoms with E-state index in [9.17, 15) is 13.2 Å². The van der Waals surface area contributed by atoms with Crippen LogP contribution in [-0.2, 0) is 14.8 Å². The molecular weight excluding hydrogens is 366 g/mol. The number of carbonyl (C=O) groups is 1. The molecule has 0 aliphatic carbocycles. The largest absolute Gasteiger partial charge is 0.289 e. The molecule has 1 rings (SSSR count). The molecule has 1 aliphatic rings. The summed E-state index contributed by atoms with van der Waals surface area (Å²) in [6.07, 6.45) is 18.0. The van der Waals surface area contributed by atoms with E-state index in [2.05, 4.69) is 21.6 Å². The lowest BCUT2D eigenvalue weighted by molar-refractivity contribution is -0.119. The van der Waals surface area contributed by atoms with Crippen LogP contribution in [0.2, 0.25) is 0 Å². The van der Waals surface area contributed by atoms with Crippen molar-refractivity contribution >= 4 is 21.8 Å². The summed E-state index contributed by atoms with van der Waals surface area (Å²) in [7, 11) is -3.41. The molecule has 0 radical (unpaired) electrons. The van der Waals surface area contributed by atoms with Crippen LogP contribution in [0.4, 0.5) is 0 Å². The minimum atomic E-state index is -3.41. The van der Waals surface area contributed by atoms with Gasteiger partial charge in [0, 0.05) is 12.8 Å². The Morgan fingerprint density at radius 2 is 1.33 bits per heavy atom. The summed E-state index contributed by atoms with van der Waals surface area (Å²) in [5, 5.41) is 4.06. The lowest BCUT2D eigenvalue weighted by atomic mass is 10.0. The zero-order chi connectivity index (χ0) is 19.8. The zero-order valence-electron chi connectivity index (χ0n) is 16.7. The number of hydrogen-bond donors (Lipinski definition) is 4. The van der Waals surface area contributed by atoms with Crippen LogP contribution in [0.25, 0.3) is 0 Å². The van der Waals surface area contributed by atoms with Gasteiger partial charge in [0.05, 0.1) is 6.26 Å². The molecule has 0 unspecified atom stereocenters. The molecule has 1 amide bonds. The number of hydrazine groups is 2. The summed E-state index contributed by atoms with van der Waals surface area (Å²) in [5.41, 5.74) is 8.38. The minimum absolute atomic E-state index is 0.297. The maximum absolute atomic E-state index is 11.3. The molecule has 0 fully saturated rings. The molecule has 0 spiro atoms. The molecule has 0 aromatic carbocycles. The van der Waals surface area contributed by atoms with Gasteiger partial charge in [0.1, 0.15) is 5.84 Å². The van der Waals surface area contributed by atoms with Gasteiger partial charge in [-0.3, -0.25) is 14.9 Å². The van der Waals surface area contributed by atoms with E-state index >= 15 is 0 Å². The number of amides is 1. The number of nitrogens with one attached hydrogen (secondary N) is 4. The fourth-order valence-electron chi connectivity index (χ4n) is 3.12. The fraction of sp³-hybridized carbons (Fsp3) is 0.889. The molecular formula is C18H37N5O3S. The Hall–Kier alpha value is -1.35. The van der Waals surface area contributed by atoms with Gasteiger partial charge in [0.15, 0.2) is 0 Å². The Labute approximate surface area is 164 Å².